The third-order valence-electron chi connectivity index (χ3n) is 3.34. The highest BCUT2D eigenvalue weighted by Crippen LogP contribution is 2.28. The van der Waals surface area contributed by atoms with Crippen molar-refractivity contribution in [3.8, 4) is 11.3 Å². The van der Waals surface area contributed by atoms with Crippen LogP contribution in [-0.4, -0.2) is 34.7 Å². The van der Waals surface area contributed by atoms with Gasteiger partial charge in [0.05, 0.1) is 5.02 Å². The second-order valence-corrected chi connectivity index (χ2v) is 5.62. The Hall–Kier alpha value is -1.81. The molecule has 1 amide bonds. The van der Waals surface area contributed by atoms with Crippen LogP contribution in [0.3, 0.4) is 0 Å². The predicted octanol–water partition coefficient (Wildman–Crippen LogP) is 3.63. The van der Waals surface area contributed by atoms with Gasteiger partial charge in [-0.25, -0.2) is 0 Å². The lowest BCUT2D eigenvalue weighted by Gasteiger charge is -2.20. The number of carbonyl (C=O) groups excluding carboxylic acids is 1. The summed E-state index contributed by atoms with van der Waals surface area (Å²) in [6, 6.07) is 9.45. The van der Waals surface area contributed by atoms with E-state index in [-0.39, 0.29) is 11.9 Å². The van der Waals surface area contributed by atoms with Gasteiger partial charge in [-0.05, 0) is 6.42 Å². The van der Waals surface area contributed by atoms with Crippen molar-refractivity contribution in [2.24, 2.45) is 0 Å². The van der Waals surface area contributed by atoms with E-state index in [0.717, 1.165) is 18.4 Å². The van der Waals surface area contributed by atoms with Crippen molar-refractivity contribution in [3.05, 3.63) is 41.6 Å². The summed E-state index contributed by atoms with van der Waals surface area (Å²) in [5, 5.41) is 5.10. The molecule has 0 aliphatic carbocycles. The Morgan fingerprint density at radius 2 is 2.00 bits per heavy atom. The molecule has 0 N–H and O–H groups in total. The standard InChI is InChI=1S/C16H20ClN3O/c1-4-8-14(16(21)19(2)3)20-11-13(17)15(18-20)12-9-6-5-7-10-12/h5-7,9-11,14H,4,8H2,1-3H3. The lowest BCUT2D eigenvalue weighted by Crippen LogP contribution is -2.32. The quantitative estimate of drug-likeness (QED) is 0.846. The number of hydrogen-bond acceptors (Lipinski definition) is 2. The first-order valence-electron chi connectivity index (χ1n) is 7.05. The molecular weight excluding hydrogens is 286 g/mol. The maximum Gasteiger partial charge on any atom is 0.246 e. The summed E-state index contributed by atoms with van der Waals surface area (Å²) in [6.45, 7) is 2.05. The SMILES string of the molecule is CCCC(C(=O)N(C)C)n1cc(Cl)c(-c2ccccc2)n1. The number of hydrogen-bond donors (Lipinski definition) is 0. The van der Waals surface area contributed by atoms with Gasteiger partial charge in [-0.2, -0.15) is 5.10 Å². The minimum Gasteiger partial charge on any atom is -0.347 e. The first kappa shape index (κ1) is 15.6. The molecule has 0 radical (unpaired) electrons. The predicted molar refractivity (Wildman–Crippen MR) is 85.3 cm³/mol. The normalized spacial score (nSPS) is 12.2. The van der Waals surface area contributed by atoms with E-state index in [1.54, 1.807) is 29.9 Å². The van der Waals surface area contributed by atoms with E-state index >= 15 is 0 Å². The van der Waals surface area contributed by atoms with Crippen LogP contribution in [0.4, 0.5) is 0 Å². The van der Waals surface area contributed by atoms with Crippen molar-refractivity contribution >= 4 is 17.5 Å². The van der Waals surface area contributed by atoms with Gasteiger partial charge in [-0.3, -0.25) is 9.48 Å². The van der Waals surface area contributed by atoms with Gasteiger partial charge in [0.15, 0.2) is 0 Å². The van der Waals surface area contributed by atoms with E-state index in [1.165, 1.54) is 0 Å². The topological polar surface area (TPSA) is 38.1 Å². The van der Waals surface area contributed by atoms with E-state index in [4.69, 9.17) is 11.6 Å². The molecule has 0 fully saturated rings. The van der Waals surface area contributed by atoms with E-state index in [2.05, 4.69) is 12.0 Å². The number of amides is 1. The third-order valence-corrected chi connectivity index (χ3v) is 3.62. The van der Waals surface area contributed by atoms with Crippen LogP contribution in [0.1, 0.15) is 25.8 Å². The molecule has 0 bridgehead atoms. The van der Waals surface area contributed by atoms with Crippen LogP contribution in [0.2, 0.25) is 5.02 Å². The first-order valence-corrected chi connectivity index (χ1v) is 7.43. The van der Waals surface area contributed by atoms with Gasteiger partial charge in [-0.1, -0.05) is 55.3 Å². The minimum absolute atomic E-state index is 0.0376. The van der Waals surface area contributed by atoms with Crippen molar-refractivity contribution in [1.82, 2.24) is 14.7 Å². The Balaban J connectivity index is 2.38. The number of rotatable bonds is 5. The molecule has 21 heavy (non-hydrogen) atoms. The zero-order chi connectivity index (χ0) is 15.4. The van der Waals surface area contributed by atoms with Gasteiger partial charge in [0.2, 0.25) is 5.91 Å². The van der Waals surface area contributed by atoms with Crippen LogP contribution in [0, 0.1) is 0 Å². The Morgan fingerprint density at radius 1 is 1.33 bits per heavy atom. The van der Waals surface area contributed by atoms with Gasteiger partial charge in [0.25, 0.3) is 0 Å². The molecule has 1 heterocycles. The highest BCUT2D eigenvalue weighted by molar-refractivity contribution is 6.33. The summed E-state index contributed by atoms with van der Waals surface area (Å²) in [7, 11) is 3.52. The molecule has 2 aromatic rings. The van der Waals surface area contributed by atoms with Crippen molar-refractivity contribution < 1.29 is 4.79 Å². The summed E-state index contributed by atoms with van der Waals surface area (Å²) in [5.41, 5.74) is 1.67. The average Bonchev–Trinajstić information content (AvgIpc) is 2.86. The molecule has 1 atom stereocenters. The van der Waals surface area contributed by atoms with Crippen LogP contribution in [0.5, 0.6) is 0 Å². The van der Waals surface area contributed by atoms with Crippen LogP contribution in [-0.2, 0) is 4.79 Å². The van der Waals surface area contributed by atoms with Crippen molar-refractivity contribution in [1.29, 1.82) is 0 Å². The number of benzene rings is 1. The first-order chi connectivity index (χ1) is 10.0. The summed E-state index contributed by atoms with van der Waals surface area (Å²) >= 11 is 6.30. The van der Waals surface area contributed by atoms with Crippen molar-refractivity contribution in [2.75, 3.05) is 14.1 Å². The lowest BCUT2D eigenvalue weighted by molar-refractivity contribution is -0.132. The van der Waals surface area contributed by atoms with Gasteiger partial charge in [0.1, 0.15) is 11.7 Å². The second-order valence-electron chi connectivity index (χ2n) is 5.21. The summed E-state index contributed by atoms with van der Waals surface area (Å²) in [6.07, 6.45) is 3.39. The summed E-state index contributed by atoms with van der Waals surface area (Å²) in [5.74, 6) is 0.0376. The fraction of sp³-hybridized carbons (Fsp3) is 0.375. The van der Waals surface area contributed by atoms with Crippen LogP contribution < -0.4 is 0 Å². The number of likely N-dealkylation sites (N-methyl/N-ethyl adjacent to an activating group) is 1. The van der Waals surface area contributed by atoms with E-state index in [0.29, 0.717) is 10.7 Å². The largest absolute Gasteiger partial charge is 0.347 e. The maximum atomic E-state index is 12.3. The van der Waals surface area contributed by atoms with Crippen LogP contribution in [0.25, 0.3) is 11.3 Å². The third kappa shape index (κ3) is 3.45. The Morgan fingerprint density at radius 3 is 2.57 bits per heavy atom. The van der Waals surface area contributed by atoms with Gasteiger partial charge >= 0.3 is 0 Å². The number of aromatic nitrogens is 2. The molecule has 4 nitrogen and oxygen atoms in total. The Labute approximate surface area is 130 Å². The molecule has 5 heteroatoms. The molecule has 112 valence electrons. The van der Waals surface area contributed by atoms with E-state index in [1.807, 2.05) is 30.3 Å². The van der Waals surface area contributed by atoms with Gasteiger partial charge < -0.3 is 4.90 Å². The number of carbonyl (C=O) groups is 1. The molecule has 2 rings (SSSR count). The van der Waals surface area contributed by atoms with Gasteiger partial charge in [0, 0.05) is 25.9 Å². The molecule has 0 aliphatic heterocycles. The molecule has 0 saturated heterocycles. The Bertz CT molecular complexity index is 607. The molecule has 1 aromatic carbocycles. The minimum atomic E-state index is -0.306. The monoisotopic (exact) mass is 305 g/mol. The van der Waals surface area contributed by atoms with E-state index < -0.39 is 0 Å². The fourth-order valence-electron chi connectivity index (χ4n) is 2.26. The maximum absolute atomic E-state index is 12.3. The van der Waals surface area contributed by atoms with Crippen LogP contribution >= 0.6 is 11.6 Å². The molecule has 1 unspecified atom stereocenters. The lowest BCUT2D eigenvalue weighted by atomic mass is 10.1. The van der Waals surface area contributed by atoms with Crippen molar-refractivity contribution in [2.45, 2.75) is 25.8 Å². The van der Waals surface area contributed by atoms with Crippen LogP contribution in [0.15, 0.2) is 36.5 Å². The highest BCUT2D eigenvalue weighted by atomic mass is 35.5. The number of nitrogens with zero attached hydrogens (tertiary/aromatic N) is 3. The average molecular weight is 306 g/mol. The zero-order valence-electron chi connectivity index (χ0n) is 12.6. The zero-order valence-corrected chi connectivity index (χ0v) is 13.3. The van der Waals surface area contributed by atoms with E-state index in [9.17, 15) is 4.79 Å². The fourth-order valence-corrected chi connectivity index (χ4v) is 2.51. The highest BCUT2D eigenvalue weighted by Gasteiger charge is 2.23. The Kier molecular flexibility index (Phi) is 5.02. The van der Waals surface area contributed by atoms with Crippen molar-refractivity contribution in [3.63, 3.8) is 0 Å². The summed E-state index contributed by atoms with van der Waals surface area (Å²) < 4.78 is 1.69. The molecule has 0 saturated carbocycles. The summed E-state index contributed by atoms with van der Waals surface area (Å²) in [4.78, 5) is 13.9. The molecule has 0 spiro atoms. The molecular formula is C16H20ClN3O. The smallest absolute Gasteiger partial charge is 0.246 e. The second kappa shape index (κ2) is 6.76. The number of halogens is 1. The molecule has 1 aromatic heterocycles. The molecule has 0 aliphatic rings. The van der Waals surface area contributed by atoms with Gasteiger partial charge in [-0.15, -0.1) is 0 Å².